The Kier molecular flexibility index (Phi) is 1.51. The van der Waals surface area contributed by atoms with Crippen molar-refractivity contribution in [3.63, 3.8) is 0 Å². The number of pyridine rings is 1. The topological polar surface area (TPSA) is 41.6 Å². The molecule has 2 aromatic rings. The average molecular weight is 187 g/mol. The fourth-order valence-electron chi connectivity index (χ4n) is 0.992. The Bertz CT molecular complexity index is 432. The van der Waals surface area contributed by atoms with Crippen molar-refractivity contribution in [1.29, 1.82) is 0 Å². The summed E-state index contributed by atoms with van der Waals surface area (Å²) in [6, 6.07) is 1.01. The van der Waals surface area contributed by atoms with Gasteiger partial charge in [0, 0.05) is 17.8 Å². The van der Waals surface area contributed by atoms with Gasteiger partial charge in [-0.25, -0.2) is 4.98 Å². The van der Waals surface area contributed by atoms with Gasteiger partial charge in [0.2, 0.25) is 0 Å². The van der Waals surface area contributed by atoms with Crippen LogP contribution in [-0.4, -0.2) is 15.2 Å². The Balaban J connectivity index is 2.61. The number of rotatable bonds is 0. The molecule has 13 heavy (non-hydrogen) atoms. The smallest absolute Gasteiger partial charge is 0.283 e. The highest BCUT2D eigenvalue weighted by Gasteiger charge is 2.31. The van der Waals surface area contributed by atoms with E-state index in [2.05, 4.69) is 15.2 Å². The van der Waals surface area contributed by atoms with E-state index in [9.17, 15) is 13.2 Å². The van der Waals surface area contributed by atoms with Crippen LogP contribution in [0.2, 0.25) is 0 Å². The minimum absolute atomic E-state index is 0.285. The normalized spacial score (nSPS) is 12.2. The number of alkyl halides is 3. The van der Waals surface area contributed by atoms with Gasteiger partial charge in [-0.3, -0.25) is 5.10 Å². The highest BCUT2D eigenvalue weighted by Crippen LogP contribution is 2.29. The zero-order valence-corrected chi connectivity index (χ0v) is 6.26. The van der Waals surface area contributed by atoms with Gasteiger partial charge in [-0.15, -0.1) is 0 Å². The number of aromatic nitrogens is 3. The maximum absolute atomic E-state index is 12.2. The summed E-state index contributed by atoms with van der Waals surface area (Å²) in [7, 11) is 0. The van der Waals surface area contributed by atoms with Crippen molar-refractivity contribution in [2.75, 3.05) is 0 Å². The zero-order chi connectivity index (χ0) is 9.47. The lowest BCUT2D eigenvalue weighted by Crippen LogP contribution is -2.04. The van der Waals surface area contributed by atoms with E-state index in [1.165, 1.54) is 6.20 Å². The van der Waals surface area contributed by atoms with Crippen molar-refractivity contribution in [1.82, 2.24) is 15.2 Å². The first-order chi connectivity index (χ1) is 6.07. The number of hydrogen-bond donors (Lipinski definition) is 1. The van der Waals surface area contributed by atoms with Crippen molar-refractivity contribution < 1.29 is 13.2 Å². The first-order valence-corrected chi connectivity index (χ1v) is 3.44. The summed E-state index contributed by atoms with van der Waals surface area (Å²) < 4.78 is 36.5. The SMILES string of the molecule is FC(F)(F)c1cnc2n[nH]cc2c1. The monoisotopic (exact) mass is 187 g/mol. The van der Waals surface area contributed by atoms with E-state index in [-0.39, 0.29) is 5.65 Å². The highest BCUT2D eigenvalue weighted by atomic mass is 19.4. The van der Waals surface area contributed by atoms with E-state index < -0.39 is 11.7 Å². The molecule has 1 N–H and O–H groups in total. The first kappa shape index (κ1) is 8.03. The van der Waals surface area contributed by atoms with Crippen LogP contribution in [0, 0.1) is 0 Å². The molecule has 0 fully saturated rings. The predicted molar refractivity (Wildman–Crippen MR) is 38.9 cm³/mol. The number of hydrogen-bond acceptors (Lipinski definition) is 2. The van der Waals surface area contributed by atoms with E-state index in [4.69, 9.17) is 0 Å². The Morgan fingerprint density at radius 1 is 1.31 bits per heavy atom. The molecule has 0 aliphatic heterocycles. The van der Waals surface area contributed by atoms with Crippen LogP contribution in [-0.2, 0) is 6.18 Å². The maximum atomic E-state index is 12.2. The third-order valence-corrected chi connectivity index (χ3v) is 1.61. The first-order valence-electron chi connectivity index (χ1n) is 3.44. The summed E-state index contributed by atoms with van der Waals surface area (Å²) in [5.41, 5.74) is -0.477. The number of fused-ring (bicyclic) bond motifs is 1. The fourth-order valence-corrected chi connectivity index (χ4v) is 0.992. The summed E-state index contributed by atoms with van der Waals surface area (Å²) in [6.07, 6.45) is -2.21. The fraction of sp³-hybridized carbons (Fsp3) is 0.143. The molecule has 2 heterocycles. The van der Waals surface area contributed by atoms with Gasteiger partial charge in [0.15, 0.2) is 5.65 Å². The number of H-pyrrole nitrogens is 1. The molecule has 0 saturated carbocycles. The molecule has 6 heteroatoms. The number of aromatic amines is 1. The van der Waals surface area contributed by atoms with Crippen molar-refractivity contribution in [2.24, 2.45) is 0 Å². The molecule has 0 amide bonds. The Morgan fingerprint density at radius 3 is 2.77 bits per heavy atom. The van der Waals surface area contributed by atoms with Crippen molar-refractivity contribution in [3.8, 4) is 0 Å². The molecule has 0 bridgehead atoms. The molecular formula is C7H4F3N3. The summed E-state index contributed by atoms with van der Waals surface area (Å²) in [6.45, 7) is 0. The lowest BCUT2D eigenvalue weighted by Gasteiger charge is -2.04. The molecule has 2 aromatic heterocycles. The van der Waals surface area contributed by atoms with Gasteiger partial charge in [0.25, 0.3) is 0 Å². The van der Waals surface area contributed by atoms with E-state index >= 15 is 0 Å². The van der Waals surface area contributed by atoms with Crippen LogP contribution in [0.15, 0.2) is 18.5 Å². The van der Waals surface area contributed by atoms with Crippen LogP contribution < -0.4 is 0 Å². The van der Waals surface area contributed by atoms with Crippen molar-refractivity contribution >= 4 is 11.0 Å². The molecule has 0 spiro atoms. The molecular weight excluding hydrogens is 183 g/mol. The number of nitrogens with zero attached hydrogens (tertiary/aromatic N) is 2. The van der Waals surface area contributed by atoms with Gasteiger partial charge in [-0.1, -0.05) is 0 Å². The average Bonchev–Trinajstić information content (AvgIpc) is 2.47. The van der Waals surface area contributed by atoms with Crippen LogP contribution in [0.5, 0.6) is 0 Å². The molecule has 0 aliphatic carbocycles. The van der Waals surface area contributed by atoms with E-state index in [0.29, 0.717) is 5.39 Å². The summed E-state index contributed by atoms with van der Waals surface area (Å²) in [4.78, 5) is 3.55. The lowest BCUT2D eigenvalue weighted by atomic mass is 10.2. The summed E-state index contributed by atoms with van der Waals surface area (Å²) in [5.74, 6) is 0. The minimum atomic E-state index is -4.35. The van der Waals surface area contributed by atoms with Gasteiger partial charge >= 0.3 is 6.18 Å². The molecule has 2 rings (SSSR count). The second-order valence-corrected chi connectivity index (χ2v) is 2.52. The Morgan fingerprint density at radius 2 is 2.08 bits per heavy atom. The predicted octanol–water partition coefficient (Wildman–Crippen LogP) is 1.98. The second-order valence-electron chi connectivity index (χ2n) is 2.52. The van der Waals surface area contributed by atoms with E-state index in [0.717, 1.165) is 12.3 Å². The van der Waals surface area contributed by atoms with Crippen LogP contribution >= 0.6 is 0 Å². The quantitative estimate of drug-likeness (QED) is 0.685. The molecule has 0 aliphatic rings. The van der Waals surface area contributed by atoms with Gasteiger partial charge in [-0.2, -0.15) is 18.3 Å². The standard InChI is InChI=1S/C7H4F3N3/c8-7(9,10)5-1-4-2-12-13-6(4)11-3-5/h1-3H,(H,11,12,13). The molecule has 0 saturated heterocycles. The van der Waals surface area contributed by atoms with E-state index in [1.54, 1.807) is 0 Å². The van der Waals surface area contributed by atoms with Crippen LogP contribution in [0.1, 0.15) is 5.56 Å². The summed E-state index contributed by atoms with van der Waals surface area (Å²) >= 11 is 0. The third-order valence-electron chi connectivity index (χ3n) is 1.61. The number of nitrogens with one attached hydrogen (secondary N) is 1. The highest BCUT2D eigenvalue weighted by molar-refractivity contribution is 5.74. The zero-order valence-electron chi connectivity index (χ0n) is 6.26. The molecule has 0 radical (unpaired) electrons. The van der Waals surface area contributed by atoms with Crippen molar-refractivity contribution in [2.45, 2.75) is 6.18 Å². The Hall–Kier alpha value is -1.59. The van der Waals surface area contributed by atoms with Crippen LogP contribution in [0.4, 0.5) is 13.2 Å². The maximum Gasteiger partial charge on any atom is 0.417 e. The van der Waals surface area contributed by atoms with Crippen molar-refractivity contribution in [3.05, 3.63) is 24.0 Å². The third kappa shape index (κ3) is 1.34. The molecule has 0 aromatic carbocycles. The summed E-state index contributed by atoms with van der Waals surface area (Å²) in [5, 5.41) is 6.43. The Labute approximate surface area is 70.6 Å². The largest absolute Gasteiger partial charge is 0.417 e. The van der Waals surface area contributed by atoms with Crippen LogP contribution in [0.25, 0.3) is 11.0 Å². The second kappa shape index (κ2) is 2.45. The molecule has 68 valence electrons. The number of halogens is 3. The van der Waals surface area contributed by atoms with Gasteiger partial charge in [0.1, 0.15) is 0 Å². The van der Waals surface area contributed by atoms with Gasteiger partial charge in [0.05, 0.1) is 5.56 Å². The molecule has 0 unspecified atom stereocenters. The van der Waals surface area contributed by atoms with Gasteiger partial charge < -0.3 is 0 Å². The van der Waals surface area contributed by atoms with Crippen LogP contribution in [0.3, 0.4) is 0 Å². The molecule has 3 nitrogen and oxygen atoms in total. The molecule has 0 atom stereocenters. The lowest BCUT2D eigenvalue weighted by molar-refractivity contribution is -0.137. The van der Waals surface area contributed by atoms with Gasteiger partial charge in [-0.05, 0) is 6.07 Å². The van der Waals surface area contributed by atoms with E-state index in [1.807, 2.05) is 0 Å². The minimum Gasteiger partial charge on any atom is -0.283 e.